The Morgan fingerprint density at radius 2 is 1.81 bits per heavy atom. The van der Waals surface area contributed by atoms with Crippen molar-refractivity contribution in [2.45, 2.75) is 36.6 Å². The first kappa shape index (κ1) is 22.9. The molecule has 1 amide bonds. The van der Waals surface area contributed by atoms with Crippen molar-refractivity contribution in [3.8, 4) is 0 Å². The van der Waals surface area contributed by atoms with Crippen molar-refractivity contribution in [3.05, 3.63) is 22.2 Å². The van der Waals surface area contributed by atoms with Crippen molar-refractivity contribution in [3.63, 3.8) is 0 Å². The van der Waals surface area contributed by atoms with Gasteiger partial charge in [-0.25, -0.2) is 13.1 Å². The molecule has 1 aromatic carbocycles. The molecule has 0 aliphatic heterocycles. The fourth-order valence-electron chi connectivity index (χ4n) is 1.52. The molecular weight excluding hydrogens is 424 g/mol. The van der Waals surface area contributed by atoms with E-state index >= 15 is 0 Å². The Morgan fingerprint density at radius 1 is 1.27 bits per heavy atom. The number of nitrogens with one attached hydrogen (secondary N) is 2. The van der Waals surface area contributed by atoms with E-state index in [0.29, 0.717) is 0 Å². The van der Waals surface area contributed by atoms with Crippen molar-refractivity contribution < 1.29 is 36.6 Å². The molecule has 26 heavy (non-hydrogen) atoms. The first-order valence-electron chi connectivity index (χ1n) is 6.87. The highest BCUT2D eigenvalue weighted by molar-refractivity contribution is 7.89. The number of sulfonamides is 1. The second kappa shape index (κ2) is 7.87. The van der Waals surface area contributed by atoms with Gasteiger partial charge in [0.15, 0.2) is 0 Å². The van der Waals surface area contributed by atoms with Gasteiger partial charge in [-0.1, -0.05) is 23.2 Å². The molecule has 0 aromatic heterocycles. The molecule has 0 bridgehead atoms. The van der Waals surface area contributed by atoms with Gasteiger partial charge in [0.25, 0.3) is 5.91 Å². The van der Waals surface area contributed by atoms with E-state index in [-0.39, 0.29) is 13.5 Å². The summed E-state index contributed by atoms with van der Waals surface area (Å²) in [5.41, 5.74) is -4.13. The number of anilines is 1. The molecule has 2 atom stereocenters. The molecule has 0 fully saturated rings. The minimum absolute atomic E-state index is 0.247. The number of aliphatic hydroxyl groups is 2. The van der Waals surface area contributed by atoms with E-state index in [4.69, 9.17) is 28.3 Å². The van der Waals surface area contributed by atoms with Crippen molar-refractivity contribution in [1.29, 1.82) is 0 Å². The SMILES string of the molecule is CC(O)CNS(=O)(=O)c1ccc(NC(=O)[C@@](C)(O)C(F)(F)F)c(Cl)c1Cl. The molecule has 0 radical (unpaired) electrons. The Kier molecular flexibility index (Phi) is 6.94. The van der Waals surface area contributed by atoms with E-state index in [1.54, 1.807) is 5.32 Å². The van der Waals surface area contributed by atoms with E-state index in [1.807, 2.05) is 0 Å². The Bertz CT molecular complexity index is 798. The summed E-state index contributed by atoms with van der Waals surface area (Å²) in [6, 6.07) is 1.81. The van der Waals surface area contributed by atoms with Gasteiger partial charge in [-0.05, 0) is 26.0 Å². The summed E-state index contributed by atoms with van der Waals surface area (Å²) in [5, 5.41) is 19.1. The normalized spacial score (nSPS) is 16.0. The minimum atomic E-state index is -5.25. The lowest BCUT2D eigenvalue weighted by atomic mass is 10.1. The number of rotatable bonds is 6. The summed E-state index contributed by atoms with van der Waals surface area (Å²) >= 11 is 11.7. The van der Waals surface area contributed by atoms with Crippen LogP contribution in [0.4, 0.5) is 18.9 Å². The zero-order chi connectivity index (χ0) is 20.5. The molecule has 1 rings (SSSR count). The van der Waals surface area contributed by atoms with Crippen LogP contribution in [0.1, 0.15) is 13.8 Å². The van der Waals surface area contributed by atoms with Crippen LogP contribution in [0.25, 0.3) is 0 Å². The van der Waals surface area contributed by atoms with Gasteiger partial charge >= 0.3 is 6.18 Å². The van der Waals surface area contributed by atoms with E-state index in [9.17, 15) is 31.5 Å². The predicted molar refractivity (Wildman–Crippen MR) is 88.6 cm³/mol. The maximum absolute atomic E-state index is 12.7. The monoisotopic (exact) mass is 438 g/mol. The van der Waals surface area contributed by atoms with Crippen LogP contribution in [0, 0.1) is 0 Å². The maximum atomic E-state index is 12.7. The van der Waals surface area contributed by atoms with Gasteiger partial charge in [0, 0.05) is 6.54 Å². The van der Waals surface area contributed by atoms with E-state index < -0.39 is 54.4 Å². The van der Waals surface area contributed by atoms with Crippen molar-refractivity contribution in [2.75, 3.05) is 11.9 Å². The smallest absolute Gasteiger partial charge is 0.392 e. The van der Waals surface area contributed by atoms with Gasteiger partial charge in [-0.2, -0.15) is 13.2 Å². The predicted octanol–water partition coefficient (Wildman–Crippen LogP) is 1.90. The number of carbonyl (C=O) groups excluding carboxylic acids is 1. The molecule has 0 heterocycles. The van der Waals surface area contributed by atoms with Crippen LogP contribution in [-0.2, 0) is 14.8 Å². The van der Waals surface area contributed by atoms with Crippen LogP contribution < -0.4 is 10.0 Å². The van der Waals surface area contributed by atoms with Crippen LogP contribution in [-0.4, -0.2) is 49.0 Å². The third kappa shape index (κ3) is 4.99. The standard InChI is InChI=1S/C13H15Cl2F3N2O5S/c1-6(21)5-19-26(24,25)8-4-3-7(9(14)10(8)15)20-11(22)12(2,23)13(16,17)18/h3-4,6,19,21,23H,5H2,1-2H3,(H,20,22)/t6?,12-/m1/s1. The zero-order valence-electron chi connectivity index (χ0n) is 13.4. The Hall–Kier alpha value is -1.11. The van der Waals surface area contributed by atoms with Gasteiger partial charge in [0.2, 0.25) is 15.6 Å². The van der Waals surface area contributed by atoms with Crippen LogP contribution in [0.15, 0.2) is 17.0 Å². The summed E-state index contributed by atoms with van der Waals surface area (Å²) in [7, 11) is -4.17. The fourth-order valence-corrected chi connectivity index (χ4v) is 3.46. The van der Waals surface area contributed by atoms with Crippen LogP contribution in [0.3, 0.4) is 0 Å². The number of benzene rings is 1. The molecule has 1 aromatic rings. The highest BCUT2D eigenvalue weighted by Gasteiger charge is 2.55. The second-order valence-corrected chi connectivity index (χ2v) is 7.96. The zero-order valence-corrected chi connectivity index (χ0v) is 15.7. The van der Waals surface area contributed by atoms with E-state index in [2.05, 4.69) is 4.72 Å². The lowest BCUT2D eigenvalue weighted by Gasteiger charge is -2.25. The molecular formula is C13H15Cl2F3N2O5S. The quantitative estimate of drug-likeness (QED) is 0.541. The number of carbonyl (C=O) groups is 1. The molecule has 0 spiro atoms. The van der Waals surface area contributed by atoms with Gasteiger partial charge in [0.05, 0.1) is 21.8 Å². The van der Waals surface area contributed by atoms with E-state index in [0.717, 1.165) is 12.1 Å². The summed E-state index contributed by atoms with van der Waals surface area (Å²) in [4.78, 5) is 11.2. The second-order valence-electron chi connectivity index (χ2n) is 5.46. The number of hydrogen-bond donors (Lipinski definition) is 4. The molecule has 148 valence electrons. The molecule has 0 saturated carbocycles. The topological polar surface area (TPSA) is 116 Å². The highest BCUT2D eigenvalue weighted by Crippen LogP contribution is 2.37. The first-order valence-corrected chi connectivity index (χ1v) is 9.11. The summed E-state index contributed by atoms with van der Waals surface area (Å²) in [6.07, 6.45) is -6.23. The van der Waals surface area contributed by atoms with Crippen LogP contribution >= 0.6 is 23.2 Å². The number of hydrogen-bond acceptors (Lipinski definition) is 5. The van der Waals surface area contributed by atoms with Gasteiger partial charge < -0.3 is 15.5 Å². The average Bonchev–Trinajstić information content (AvgIpc) is 2.48. The molecule has 0 aliphatic rings. The highest BCUT2D eigenvalue weighted by atomic mass is 35.5. The van der Waals surface area contributed by atoms with Crippen LogP contribution in [0.2, 0.25) is 10.0 Å². The Balaban J connectivity index is 3.17. The molecule has 7 nitrogen and oxygen atoms in total. The molecule has 4 N–H and O–H groups in total. The summed E-state index contributed by atoms with van der Waals surface area (Å²) in [6.45, 7) is 1.27. The maximum Gasteiger partial charge on any atom is 0.426 e. The minimum Gasteiger partial charge on any atom is -0.392 e. The van der Waals surface area contributed by atoms with Crippen LogP contribution in [0.5, 0.6) is 0 Å². The third-order valence-electron chi connectivity index (χ3n) is 3.15. The summed E-state index contributed by atoms with van der Waals surface area (Å²) in [5.74, 6) is -1.83. The molecule has 13 heteroatoms. The lowest BCUT2D eigenvalue weighted by Crippen LogP contribution is -2.52. The lowest BCUT2D eigenvalue weighted by molar-refractivity contribution is -0.242. The van der Waals surface area contributed by atoms with Crippen molar-refractivity contribution in [1.82, 2.24) is 4.72 Å². The summed E-state index contributed by atoms with van der Waals surface area (Å²) < 4.78 is 64.2. The van der Waals surface area contributed by atoms with Gasteiger partial charge in [-0.3, -0.25) is 4.79 Å². The first-order chi connectivity index (χ1) is 11.6. The largest absolute Gasteiger partial charge is 0.426 e. The molecule has 1 unspecified atom stereocenters. The molecule has 0 aliphatic carbocycles. The van der Waals surface area contributed by atoms with Gasteiger partial charge in [0.1, 0.15) is 4.90 Å². The Morgan fingerprint density at radius 3 is 2.27 bits per heavy atom. The van der Waals surface area contributed by atoms with Gasteiger partial charge in [-0.15, -0.1) is 0 Å². The number of halogens is 5. The Labute approximate surface area is 157 Å². The van der Waals surface area contributed by atoms with Crippen molar-refractivity contribution in [2.24, 2.45) is 0 Å². The number of alkyl halides is 3. The van der Waals surface area contributed by atoms with Crippen molar-refractivity contribution >= 4 is 44.8 Å². The average molecular weight is 439 g/mol. The van der Waals surface area contributed by atoms with E-state index in [1.165, 1.54) is 6.92 Å². The third-order valence-corrected chi connectivity index (χ3v) is 5.61. The molecule has 0 saturated heterocycles. The number of amides is 1. The fraction of sp³-hybridized carbons (Fsp3) is 0.462. The number of aliphatic hydroxyl groups excluding tert-OH is 1.